The number of aliphatic hydroxyl groups is 1. The summed E-state index contributed by atoms with van der Waals surface area (Å²) in [5, 5.41) is 9.56. The second-order valence-corrected chi connectivity index (χ2v) is 6.20. The highest BCUT2D eigenvalue weighted by molar-refractivity contribution is 5.61. The summed E-state index contributed by atoms with van der Waals surface area (Å²) in [6, 6.07) is 2.00. The number of imidazole rings is 1. The average molecular weight is 270 g/mol. The maximum atomic E-state index is 9.56. The van der Waals surface area contributed by atoms with Crippen LogP contribution in [0.4, 0.5) is 5.82 Å². The standard InChI is InChI=1S/C15H18N4O/c1-9-2-11(6-17-14(9)16)12-7-19(13(8-20)18-12)15-3-10(4-15)5-15/h2,6-7,10,20H,3-5,8H2,1H3,(H2,16,17). The van der Waals surface area contributed by atoms with Crippen LogP contribution in [0.5, 0.6) is 0 Å². The van der Waals surface area contributed by atoms with Gasteiger partial charge < -0.3 is 15.4 Å². The Kier molecular flexibility index (Phi) is 2.27. The zero-order valence-corrected chi connectivity index (χ0v) is 11.5. The molecular weight excluding hydrogens is 252 g/mol. The van der Waals surface area contributed by atoms with Crippen molar-refractivity contribution in [2.45, 2.75) is 38.3 Å². The molecule has 5 heteroatoms. The van der Waals surface area contributed by atoms with Gasteiger partial charge in [-0.1, -0.05) is 0 Å². The lowest BCUT2D eigenvalue weighted by Crippen LogP contribution is -2.59. The topological polar surface area (TPSA) is 77.0 Å². The number of nitrogens with zero attached hydrogens (tertiary/aromatic N) is 3. The summed E-state index contributed by atoms with van der Waals surface area (Å²) in [7, 11) is 0. The molecule has 0 saturated heterocycles. The fourth-order valence-corrected chi connectivity index (χ4v) is 3.53. The van der Waals surface area contributed by atoms with Gasteiger partial charge in [0, 0.05) is 23.5 Å². The predicted octanol–water partition coefficient (Wildman–Crippen LogP) is 1.84. The van der Waals surface area contributed by atoms with Gasteiger partial charge in [-0.3, -0.25) is 0 Å². The third-order valence-corrected chi connectivity index (χ3v) is 4.85. The average Bonchev–Trinajstić information content (AvgIpc) is 2.73. The molecule has 0 aliphatic heterocycles. The van der Waals surface area contributed by atoms with Gasteiger partial charge >= 0.3 is 0 Å². The minimum Gasteiger partial charge on any atom is -0.388 e. The molecule has 3 aliphatic carbocycles. The van der Waals surface area contributed by atoms with Crippen LogP contribution >= 0.6 is 0 Å². The second kappa shape index (κ2) is 3.82. The van der Waals surface area contributed by atoms with Gasteiger partial charge in [0.25, 0.3) is 0 Å². The van der Waals surface area contributed by atoms with E-state index in [0.29, 0.717) is 5.82 Å². The van der Waals surface area contributed by atoms with Gasteiger partial charge in [0.05, 0.1) is 5.69 Å². The number of hydrogen-bond donors (Lipinski definition) is 2. The minimum absolute atomic E-state index is 0.0200. The van der Waals surface area contributed by atoms with Crippen LogP contribution < -0.4 is 5.73 Å². The number of pyridine rings is 1. The zero-order chi connectivity index (χ0) is 13.9. The normalized spacial score (nSPS) is 27.0. The molecule has 0 amide bonds. The highest BCUT2D eigenvalue weighted by Gasteiger charge is 2.58. The first kappa shape index (κ1) is 11.9. The van der Waals surface area contributed by atoms with Crippen molar-refractivity contribution in [2.24, 2.45) is 5.92 Å². The monoisotopic (exact) mass is 270 g/mol. The summed E-state index contributed by atoms with van der Waals surface area (Å²) in [6.07, 6.45) is 7.50. The number of aromatic nitrogens is 3. The van der Waals surface area contributed by atoms with E-state index < -0.39 is 0 Å². The van der Waals surface area contributed by atoms with E-state index in [1.54, 1.807) is 6.20 Å². The Labute approximate surface area is 117 Å². The molecule has 0 radical (unpaired) electrons. The van der Waals surface area contributed by atoms with Crippen molar-refractivity contribution in [3.63, 3.8) is 0 Å². The molecule has 3 fully saturated rings. The second-order valence-electron chi connectivity index (χ2n) is 6.20. The highest BCUT2D eigenvalue weighted by Crippen LogP contribution is 2.62. The molecule has 5 nitrogen and oxygen atoms in total. The van der Waals surface area contributed by atoms with Crippen molar-refractivity contribution in [3.05, 3.63) is 29.8 Å². The number of hydrogen-bond acceptors (Lipinski definition) is 4. The molecule has 2 aromatic heterocycles. The molecule has 3 aliphatic rings. The molecule has 104 valence electrons. The lowest BCUT2D eigenvalue weighted by molar-refractivity contribution is -0.0921. The number of anilines is 1. The summed E-state index contributed by atoms with van der Waals surface area (Å²) < 4.78 is 2.19. The molecular formula is C15H18N4O. The first-order valence-corrected chi connectivity index (χ1v) is 7.03. The van der Waals surface area contributed by atoms with E-state index in [2.05, 4.69) is 20.7 Å². The van der Waals surface area contributed by atoms with Crippen LogP contribution in [0.1, 0.15) is 30.7 Å². The fraction of sp³-hybridized carbons (Fsp3) is 0.467. The molecule has 0 spiro atoms. The van der Waals surface area contributed by atoms with E-state index in [1.807, 2.05) is 13.0 Å². The summed E-state index contributed by atoms with van der Waals surface area (Å²) in [5.41, 5.74) is 8.78. The molecule has 2 bridgehead atoms. The largest absolute Gasteiger partial charge is 0.388 e. The molecule has 0 unspecified atom stereocenters. The van der Waals surface area contributed by atoms with Crippen LogP contribution in [0.15, 0.2) is 18.5 Å². The predicted molar refractivity (Wildman–Crippen MR) is 75.8 cm³/mol. The molecule has 2 aromatic rings. The van der Waals surface area contributed by atoms with Crippen molar-refractivity contribution in [1.82, 2.24) is 14.5 Å². The van der Waals surface area contributed by atoms with Crippen molar-refractivity contribution in [1.29, 1.82) is 0 Å². The Morgan fingerprint density at radius 2 is 2.20 bits per heavy atom. The molecule has 2 heterocycles. The van der Waals surface area contributed by atoms with Gasteiger partial charge in [-0.05, 0) is 43.7 Å². The molecule has 3 N–H and O–H groups in total. The number of aryl methyl sites for hydroxylation is 1. The summed E-state index contributed by atoms with van der Waals surface area (Å²) in [5.74, 6) is 2.20. The molecule has 3 saturated carbocycles. The van der Waals surface area contributed by atoms with E-state index in [0.717, 1.165) is 28.6 Å². The maximum Gasteiger partial charge on any atom is 0.135 e. The van der Waals surface area contributed by atoms with Gasteiger partial charge in [0.1, 0.15) is 18.2 Å². The minimum atomic E-state index is -0.0200. The SMILES string of the molecule is Cc1cc(-c2cn(C34CC(C3)C4)c(CO)n2)cnc1N. The third-order valence-electron chi connectivity index (χ3n) is 4.85. The first-order valence-electron chi connectivity index (χ1n) is 7.03. The number of nitrogen functional groups attached to an aromatic ring is 1. The summed E-state index contributed by atoms with van der Waals surface area (Å²) >= 11 is 0. The van der Waals surface area contributed by atoms with E-state index in [1.165, 1.54) is 19.3 Å². The molecule has 20 heavy (non-hydrogen) atoms. The lowest BCUT2D eigenvalue weighted by atomic mass is 9.49. The van der Waals surface area contributed by atoms with Crippen LogP contribution in [-0.2, 0) is 12.1 Å². The van der Waals surface area contributed by atoms with Crippen LogP contribution in [0.3, 0.4) is 0 Å². The summed E-state index contributed by atoms with van der Waals surface area (Å²) in [4.78, 5) is 8.77. The maximum absolute atomic E-state index is 9.56. The third kappa shape index (κ3) is 1.47. The Balaban J connectivity index is 1.77. The van der Waals surface area contributed by atoms with E-state index in [-0.39, 0.29) is 12.1 Å². The van der Waals surface area contributed by atoms with E-state index >= 15 is 0 Å². The van der Waals surface area contributed by atoms with Gasteiger partial charge in [0.15, 0.2) is 0 Å². The fourth-order valence-electron chi connectivity index (χ4n) is 3.53. The molecule has 0 aromatic carbocycles. The summed E-state index contributed by atoms with van der Waals surface area (Å²) in [6.45, 7) is 1.92. The van der Waals surface area contributed by atoms with Crippen molar-refractivity contribution in [3.8, 4) is 11.3 Å². The Hall–Kier alpha value is -1.88. The van der Waals surface area contributed by atoms with Crippen molar-refractivity contribution in [2.75, 3.05) is 5.73 Å². The zero-order valence-electron chi connectivity index (χ0n) is 11.5. The highest BCUT2D eigenvalue weighted by atomic mass is 16.3. The van der Waals surface area contributed by atoms with Gasteiger partial charge in [-0.25, -0.2) is 9.97 Å². The van der Waals surface area contributed by atoms with Crippen LogP contribution in [0.25, 0.3) is 11.3 Å². The van der Waals surface area contributed by atoms with Crippen molar-refractivity contribution < 1.29 is 5.11 Å². The van der Waals surface area contributed by atoms with E-state index in [4.69, 9.17) is 5.73 Å². The molecule has 0 atom stereocenters. The molecule has 5 rings (SSSR count). The van der Waals surface area contributed by atoms with Crippen molar-refractivity contribution >= 4 is 5.82 Å². The smallest absolute Gasteiger partial charge is 0.135 e. The van der Waals surface area contributed by atoms with Gasteiger partial charge in [-0.15, -0.1) is 0 Å². The quantitative estimate of drug-likeness (QED) is 0.892. The lowest BCUT2D eigenvalue weighted by Gasteiger charge is -2.62. The number of rotatable bonds is 3. The van der Waals surface area contributed by atoms with Crippen LogP contribution in [0.2, 0.25) is 0 Å². The van der Waals surface area contributed by atoms with E-state index in [9.17, 15) is 5.11 Å². The first-order chi connectivity index (χ1) is 9.61. The van der Waals surface area contributed by atoms with Gasteiger partial charge in [-0.2, -0.15) is 0 Å². The van der Waals surface area contributed by atoms with Gasteiger partial charge in [0.2, 0.25) is 0 Å². The number of aliphatic hydroxyl groups excluding tert-OH is 1. The number of nitrogens with two attached hydrogens (primary N) is 1. The Morgan fingerprint density at radius 1 is 1.45 bits per heavy atom. The van der Waals surface area contributed by atoms with Crippen LogP contribution in [0, 0.1) is 12.8 Å². The Morgan fingerprint density at radius 3 is 2.75 bits per heavy atom. The van der Waals surface area contributed by atoms with Crippen LogP contribution in [-0.4, -0.2) is 19.6 Å². The Bertz CT molecular complexity index is 674.